The average molecular weight is 346 g/mol. The van der Waals surface area contributed by atoms with Crippen LogP contribution in [0.3, 0.4) is 0 Å². The van der Waals surface area contributed by atoms with Crippen LogP contribution in [0.5, 0.6) is 0 Å². The second kappa shape index (κ2) is 7.49. The molecular weight excluding hydrogens is 324 g/mol. The number of nitrogens with one attached hydrogen (secondary N) is 2. The number of rotatable bonds is 6. The average Bonchev–Trinajstić information content (AvgIpc) is 2.55. The third kappa shape index (κ3) is 4.58. The number of carbonyl (C=O) groups is 1. The van der Waals surface area contributed by atoms with Crippen molar-refractivity contribution in [3.63, 3.8) is 0 Å². The molecule has 24 heavy (non-hydrogen) atoms. The lowest BCUT2D eigenvalue weighted by Gasteiger charge is -2.11. The Kier molecular flexibility index (Phi) is 5.62. The lowest BCUT2D eigenvalue weighted by atomic mass is 10.1. The molecule has 2 aromatic carbocycles. The van der Waals surface area contributed by atoms with E-state index in [0.29, 0.717) is 11.3 Å². The van der Waals surface area contributed by atoms with Crippen molar-refractivity contribution in [1.29, 1.82) is 0 Å². The molecule has 2 rings (SSSR count). The SMILES string of the molecule is CCc1ccc(NC(=O)c2ccc(NS(=O)(=O)C(C)C)cc2)cc1. The topological polar surface area (TPSA) is 75.3 Å². The zero-order chi connectivity index (χ0) is 17.7. The molecule has 1 amide bonds. The van der Waals surface area contributed by atoms with Crippen LogP contribution in [0.1, 0.15) is 36.7 Å². The predicted molar refractivity (Wildman–Crippen MR) is 97.9 cm³/mol. The molecule has 0 aliphatic heterocycles. The molecule has 0 aliphatic carbocycles. The van der Waals surface area contributed by atoms with Gasteiger partial charge >= 0.3 is 0 Å². The van der Waals surface area contributed by atoms with Gasteiger partial charge in [-0.15, -0.1) is 0 Å². The molecule has 0 atom stereocenters. The van der Waals surface area contributed by atoms with Gasteiger partial charge in [0.05, 0.1) is 5.25 Å². The third-order valence-electron chi connectivity index (χ3n) is 3.65. The van der Waals surface area contributed by atoms with Crippen LogP contribution in [0.25, 0.3) is 0 Å². The number of benzene rings is 2. The largest absolute Gasteiger partial charge is 0.322 e. The molecule has 0 saturated carbocycles. The van der Waals surface area contributed by atoms with Crippen LogP contribution in [-0.2, 0) is 16.4 Å². The second-order valence-corrected chi connectivity index (χ2v) is 8.01. The first-order chi connectivity index (χ1) is 11.3. The minimum absolute atomic E-state index is 0.238. The molecule has 0 spiro atoms. The third-order valence-corrected chi connectivity index (χ3v) is 5.41. The zero-order valence-corrected chi connectivity index (χ0v) is 14.9. The van der Waals surface area contributed by atoms with Gasteiger partial charge in [0.25, 0.3) is 5.91 Å². The van der Waals surface area contributed by atoms with Crippen LogP contribution in [0.15, 0.2) is 48.5 Å². The van der Waals surface area contributed by atoms with Crippen LogP contribution >= 0.6 is 0 Å². The molecule has 0 aromatic heterocycles. The minimum Gasteiger partial charge on any atom is -0.322 e. The molecule has 0 saturated heterocycles. The monoisotopic (exact) mass is 346 g/mol. The molecule has 0 bridgehead atoms. The fourth-order valence-electron chi connectivity index (χ4n) is 2.00. The lowest BCUT2D eigenvalue weighted by Crippen LogP contribution is -2.22. The predicted octanol–water partition coefficient (Wildman–Crippen LogP) is 3.65. The zero-order valence-electron chi connectivity index (χ0n) is 14.0. The summed E-state index contributed by atoms with van der Waals surface area (Å²) < 4.78 is 26.1. The summed E-state index contributed by atoms with van der Waals surface area (Å²) in [4.78, 5) is 12.2. The Balaban J connectivity index is 2.05. The van der Waals surface area contributed by atoms with E-state index in [1.165, 1.54) is 5.56 Å². The van der Waals surface area contributed by atoms with Crippen molar-refractivity contribution in [3.05, 3.63) is 59.7 Å². The number of hydrogen-bond acceptors (Lipinski definition) is 3. The highest BCUT2D eigenvalue weighted by Crippen LogP contribution is 2.15. The summed E-state index contributed by atoms with van der Waals surface area (Å²) in [6, 6.07) is 14.0. The summed E-state index contributed by atoms with van der Waals surface area (Å²) >= 11 is 0. The van der Waals surface area contributed by atoms with Gasteiger partial charge in [-0.1, -0.05) is 19.1 Å². The molecule has 5 nitrogen and oxygen atoms in total. The van der Waals surface area contributed by atoms with E-state index in [1.54, 1.807) is 38.1 Å². The maximum atomic E-state index is 12.2. The van der Waals surface area contributed by atoms with E-state index in [4.69, 9.17) is 0 Å². The van der Waals surface area contributed by atoms with Crippen LogP contribution < -0.4 is 10.0 Å². The standard InChI is InChI=1S/C18H22N2O3S/c1-4-14-5-9-16(10-6-14)19-18(21)15-7-11-17(12-8-15)20-24(22,23)13(2)3/h5-13,20H,4H2,1-3H3,(H,19,21). The van der Waals surface area contributed by atoms with Gasteiger partial charge in [0.1, 0.15) is 0 Å². The fraction of sp³-hybridized carbons (Fsp3) is 0.278. The maximum absolute atomic E-state index is 12.2. The number of aryl methyl sites for hydroxylation is 1. The Morgan fingerprint density at radius 3 is 2.00 bits per heavy atom. The van der Waals surface area contributed by atoms with Crippen molar-refractivity contribution < 1.29 is 13.2 Å². The number of sulfonamides is 1. The first-order valence-electron chi connectivity index (χ1n) is 7.84. The Morgan fingerprint density at radius 1 is 0.958 bits per heavy atom. The van der Waals surface area contributed by atoms with Gasteiger partial charge in [0, 0.05) is 16.9 Å². The number of amides is 1. The Labute approximate surface area is 143 Å². The van der Waals surface area contributed by atoms with Gasteiger partial charge in [0.15, 0.2) is 0 Å². The molecule has 0 radical (unpaired) electrons. The van der Waals surface area contributed by atoms with Crippen LogP contribution in [-0.4, -0.2) is 19.6 Å². The van der Waals surface area contributed by atoms with Crippen molar-refractivity contribution in [2.45, 2.75) is 32.4 Å². The summed E-state index contributed by atoms with van der Waals surface area (Å²) in [7, 11) is -3.39. The molecular formula is C18H22N2O3S. The summed E-state index contributed by atoms with van der Waals surface area (Å²) in [5.74, 6) is -0.238. The van der Waals surface area contributed by atoms with E-state index in [0.717, 1.165) is 12.1 Å². The van der Waals surface area contributed by atoms with Crippen LogP contribution in [0.2, 0.25) is 0 Å². The highest BCUT2D eigenvalue weighted by atomic mass is 32.2. The normalized spacial score (nSPS) is 11.3. The first-order valence-corrected chi connectivity index (χ1v) is 9.38. The number of anilines is 2. The van der Waals surface area contributed by atoms with Crippen LogP contribution in [0, 0.1) is 0 Å². The van der Waals surface area contributed by atoms with E-state index >= 15 is 0 Å². The highest BCUT2D eigenvalue weighted by molar-refractivity contribution is 7.93. The van der Waals surface area contributed by atoms with Gasteiger partial charge in [0.2, 0.25) is 10.0 Å². The second-order valence-electron chi connectivity index (χ2n) is 5.78. The lowest BCUT2D eigenvalue weighted by molar-refractivity contribution is 0.102. The van der Waals surface area contributed by atoms with E-state index in [-0.39, 0.29) is 5.91 Å². The maximum Gasteiger partial charge on any atom is 0.255 e. The number of carbonyl (C=O) groups excluding carboxylic acids is 1. The van der Waals surface area contributed by atoms with Crippen LogP contribution in [0.4, 0.5) is 11.4 Å². The molecule has 128 valence electrons. The van der Waals surface area contributed by atoms with Gasteiger partial charge in [-0.2, -0.15) is 0 Å². The first kappa shape index (κ1) is 18.0. The summed E-state index contributed by atoms with van der Waals surface area (Å²) in [5.41, 5.74) is 2.83. The van der Waals surface area contributed by atoms with Crippen molar-refractivity contribution in [3.8, 4) is 0 Å². The van der Waals surface area contributed by atoms with Crippen molar-refractivity contribution in [2.24, 2.45) is 0 Å². The minimum atomic E-state index is -3.39. The van der Waals surface area contributed by atoms with Crippen molar-refractivity contribution in [2.75, 3.05) is 10.0 Å². The highest BCUT2D eigenvalue weighted by Gasteiger charge is 2.15. The molecule has 2 N–H and O–H groups in total. The van der Waals surface area contributed by atoms with E-state index in [9.17, 15) is 13.2 Å². The summed E-state index contributed by atoms with van der Waals surface area (Å²) in [5, 5.41) is 2.30. The summed E-state index contributed by atoms with van der Waals surface area (Å²) in [6.45, 7) is 5.28. The molecule has 0 unspecified atom stereocenters. The van der Waals surface area contributed by atoms with Gasteiger partial charge in [-0.25, -0.2) is 8.42 Å². The smallest absolute Gasteiger partial charge is 0.255 e. The quantitative estimate of drug-likeness (QED) is 0.838. The Hall–Kier alpha value is -2.34. The molecule has 0 fully saturated rings. The molecule has 0 heterocycles. The fourth-order valence-corrected chi connectivity index (χ4v) is 2.70. The number of hydrogen-bond donors (Lipinski definition) is 2. The molecule has 6 heteroatoms. The van der Waals surface area contributed by atoms with Gasteiger partial charge in [-0.05, 0) is 62.2 Å². The summed E-state index contributed by atoms with van der Waals surface area (Å²) in [6.07, 6.45) is 0.946. The molecule has 0 aliphatic rings. The van der Waals surface area contributed by atoms with E-state index < -0.39 is 15.3 Å². The van der Waals surface area contributed by atoms with E-state index in [2.05, 4.69) is 17.0 Å². The van der Waals surface area contributed by atoms with Crippen molar-refractivity contribution in [1.82, 2.24) is 0 Å². The van der Waals surface area contributed by atoms with E-state index in [1.807, 2.05) is 24.3 Å². The molecule has 2 aromatic rings. The Morgan fingerprint density at radius 2 is 1.50 bits per heavy atom. The van der Waals surface area contributed by atoms with Crippen molar-refractivity contribution >= 4 is 27.3 Å². The Bertz CT molecular complexity index is 795. The van der Waals surface area contributed by atoms with Gasteiger partial charge < -0.3 is 5.32 Å². The van der Waals surface area contributed by atoms with Gasteiger partial charge in [-0.3, -0.25) is 9.52 Å².